The second kappa shape index (κ2) is 3.70. The van der Waals surface area contributed by atoms with Crippen molar-refractivity contribution in [2.75, 3.05) is 7.11 Å². The summed E-state index contributed by atoms with van der Waals surface area (Å²) >= 11 is 0. The molecule has 4 nitrogen and oxygen atoms in total. The van der Waals surface area contributed by atoms with Crippen LogP contribution in [0.2, 0.25) is 0 Å². The number of hydrogen-bond donors (Lipinski definition) is 1. The molecule has 0 aliphatic heterocycles. The Morgan fingerprint density at radius 1 is 1.60 bits per heavy atom. The molecule has 82 valence electrons. The van der Waals surface area contributed by atoms with E-state index in [0.29, 0.717) is 6.54 Å². The largest absolute Gasteiger partial charge is 0.463 e. The van der Waals surface area contributed by atoms with E-state index in [9.17, 15) is 4.79 Å². The highest BCUT2D eigenvalue weighted by Gasteiger charge is 2.36. The van der Waals surface area contributed by atoms with Gasteiger partial charge in [-0.15, -0.1) is 0 Å². The highest BCUT2D eigenvalue weighted by Crippen LogP contribution is 2.34. The maximum atomic E-state index is 11.1. The first-order chi connectivity index (χ1) is 7.13. The Balaban J connectivity index is 1.92. The predicted molar refractivity (Wildman–Crippen MR) is 54.5 cm³/mol. The molecule has 1 aromatic rings. The number of carbonyl (C=O) groups is 1. The zero-order valence-electron chi connectivity index (χ0n) is 9.00. The molecule has 1 N–H and O–H groups in total. The lowest BCUT2D eigenvalue weighted by Crippen LogP contribution is -2.26. The lowest BCUT2D eigenvalue weighted by molar-refractivity contribution is 0.0563. The average molecular weight is 209 g/mol. The van der Waals surface area contributed by atoms with Gasteiger partial charge in [-0.25, -0.2) is 4.79 Å². The van der Waals surface area contributed by atoms with Crippen LogP contribution >= 0.6 is 0 Å². The van der Waals surface area contributed by atoms with Gasteiger partial charge in [0, 0.05) is 5.54 Å². The van der Waals surface area contributed by atoms with Crippen LogP contribution in [0, 0.1) is 0 Å². The van der Waals surface area contributed by atoms with Gasteiger partial charge in [0.15, 0.2) is 0 Å². The lowest BCUT2D eigenvalue weighted by atomic mass is 10.3. The van der Waals surface area contributed by atoms with Crippen molar-refractivity contribution in [3.8, 4) is 0 Å². The number of rotatable bonds is 4. The molecule has 0 aromatic carbocycles. The Morgan fingerprint density at radius 3 is 2.93 bits per heavy atom. The van der Waals surface area contributed by atoms with Crippen LogP contribution in [0.3, 0.4) is 0 Å². The quantitative estimate of drug-likeness (QED) is 0.767. The van der Waals surface area contributed by atoms with Crippen LogP contribution in [-0.4, -0.2) is 18.6 Å². The Bertz CT molecular complexity index is 366. The standard InChI is InChI=1S/C11H15NO3/c1-11(5-6-11)12-7-8-3-4-9(15-8)10(13)14-2/h3-4,12H,5-7H2,1-2H3. The maximum Gasteiger partial charge on any atom is 0.373 e. The maximum absolute atomic E-state index is 11.1. The van der Waals surface area contributed by atoms with Crippen molar-refractivity contribution in [3.05, 3.63) is 23.7 Å². The summed E-state index contributed by atoms with van der Waals surface area (Å²) < 4.78 is 9.88. The predicted octanol–water partition coefficient (Wildman–Crippen LogP) is 1.71. The van der Waals surface area contributed by atoms with E-state index in [2.05, 4.69) is 17.0 Å². The van der Waals surface area contributed by atoms with Gasteiger partial charge in [-0.2, -0.15) is 0 Å². The summed E-state index contributed by atoms with van der Waals surface area (Å²) in [5.41, 5.74) is 0.276. The fourth-order valence-corrected chi connectivity index (χ4v) is 1.35. The number of furan rings is 1. The van der Waals surface area contributed by atoms with Gasteiger partial charge in [0.05, 0.1) is 13.7 Å². The van der Waals surface area contributed by atoms with Gasteiger partial charge in [0.1, 0.15) is 5.76 Å². The van der Waals surface area contributed by atoms with Gasteiger partial charge < -0.3 is 14.5 Å². The fourth-order valence-electron chi connectivity index (χ4n) is 1.35. The van der Waals surface area contributed by atoms with Crippen molar-refractivity contribution < 1.29 is 13.9 Å². The van der Waals surface area contributed by atoms with Crippen LogP contribution < -0.4 is 5.32 Å². The first-order valence-corrected chi connectivity index (χ1v) is 5.05. The van der Waals surface area contributed by atoms with E-state index in [4.69, 9.17) is 4.42 Å². The molecule has 15 heavy (non-hydrogen) atoms. The third-order valence-corrected chi connectivity index (χ3v) is 2.74. The average Bonchev–Trinajstić information content (AvgIpc) is 2.81. The molecule has 1 aliphatic rings. The monoisotopic (exact) mass is 209 g/mol. The SMILES string of the molecule is COC(=O)c1ccc(CNC2(C)CC2)o1. The molecule has 0 radical (unpaired) electrons. The summed E-state index contributed by atoms with van der Waals surface area (Å²) in [6, 6.07) is 3.43. The second-order valence-corrected chi connectivity index (χ2v) is 4.17. The molecule has 1 fully saturated rings. The summed E-state index contributed by atoms with van der Waals surface area (Å²) in [5, 5.41) is 3.37. The molecule has 0 bridgehead atoms. The molecule has 0 amide bonds. The van der Waals surface area contributed by atoms with Crippen LogP contribution in [0.5, 0.6) is 0 Å². The summed E-state index contributed by atoms with van der Waals surface area (Å²) in [6.45, 7) is 2.84. The number of esters is 1. The van der Waals surface area contributed by atoms with E-state index in [1.165, 1.54) is 20.0 Å². The van der Waals surface area contributed by atoms with Gasteiger partial charge >= 0.3 is 5.97 Å². The van der Waals surface area contributed by atoms with Gasteiger partial charge in [0.2, 0.25) is 5.76 Å². The molecule has 1 saturated carbocycles. The van der Waals surface area contributed by atoms with Crippen molar-refractivity contribution in [2.24, 2.45) is 0 Å². The Hall–Kier alpha value is -1.29. The molecule has 0 unspecified atom stereocenters. The number of nitrogens with one attached hydrogen (secondary N) is 1. The summed E-state index contributed by atoms with van der Waals surface area (Å²) in [5.74, 6) is 0.595. The molecule has 2 rings (SSSR count). The summed E-state index contributed by atoms with van der Waals surface area (Å²) in [6.07, 6.45) is 2.41. The van der Waals surface area contributed by atoms with Crippen molar-refractivity contribution in [2.45, 2.75) is 31.8 Å². The van der Waals surface area contributed by atoms with Crippen LogP contribution in [0.25, 0.3) is 0 Å². The van der Waals surface area contributed by atoms with Crippen molar-refractivity contribution in [1.29, 1.82) is 0 Å². The Labute approximate surface area is 88.6 Å². The molecule has 1 aliphatic carbocycles. The molecular weight excluding hydrogens is 194 g/mol. The van der Waals surface area contributed by atoms with Crippen molar-refractivity contribution in [1.82, 2.24) is 5.32 Å². The van der Waals surface area contributed by atoms with E-state index in [1.54, 1.807) is 12.1 Å². The number of hydrogen-bond acceptors (Lipinski definition) is 4. The van der Waals surface area contributed by atoms with Gasteiger partial charge in [0.25, 0.3) is 0 Å². The smallest absolute Gasteiger partial charge is 0.373 e. The fraction of sp³-hybridized carbons (Fsp3) is 0.545. The highest BCUT2D eigenvalue weighted by atomic mass is 16.5. The van der Waals surface area contributed by atoms with Crippen LogP contribution in [0.1, 0.15) is 36.1 Å². The van der Waals surface area contributed by atoms with Gasteiger partial charge in [-0.3, -0.25) is 0 Å². The zero-order valence-corrected chi connectivity index (χ0v) is 9.00. The third kappa shape index (κ3) is 2.39. The lowest BCUT2D eigenvalue weighted by Gasteiger charge is -2.08. The zero-order chi connectivity index (χ0) is 10.9. The van der Waals surface area contributed by atoms with Gasteiger partial charge in [-0.05, 0) is 31.9 Å². The van der Waals surface area contributed by atoms with E-state index >= 15 is 0 Å². The molecule has 1 aromatic heterocycles. The highest BCUT2D eigenvalue weighted by molar-refractivity contribution is 5.86. The van der Waals surface area contributed by atoms with Crippen LogP contribution in [0.4, 0.5) is 0 Å². The minimum absolute atomic E-state index is 0.259. The van der Waals surface area contributed by atoms with Crippen molar-refractivity contribution >= 4 is 5.97 Å². The normalized spacial score (nSPS) is 17.5. The molecule has 1 heterocycles. The van der Waals surface area contributed by atoms with Crippen molar-refractivity contribution in [3.63, 3.8) is 0 Å². The number of methoxy groups -OCH3 is 1. The molecule has 0 saturated heterocycles. The first kappa shape index (κ1) is 10.2. The minimum Gasteiger partial charge on any atom is -0.463 e. The van der Waals surface area contributed by atoms with Crippen LogP contribution in [-0.2, 0) is 11.3 Å². The van der Waals surface area contributed by atoms with E-state index in [1.807, 2.05) is 0 Å². The topological polar surface area (TPSA) is 51.5 Å². The summed E-state index contributed by atoms with van der Waals surface area (Å²) in [7, 11) is 1.34. The Kier molecular flexibility index (Phi) is 2.52. The number of ether oxygens (including phenoxy) is 1. The molecule has 4 heteroatoms. The molecule has 0 atom stereocenters. The molecule has 0 spiro atoms. The molecular formula is C11H15NO3. The second-order valence-electron chi connectivity index (χ2n) is 4.17. The van der Waals surface area contributed by atoms with E-state index in [0.717, 1.165) is 5.76 Å². The van der Waals surface area contributed by atoms with Crippen LogP contribution in [0.15, 0.2) is 16.5 Å². The van der Waals surface area contributed by atoms with E-state index < -0.39 is 5.97 Å². The summed E-state index contributed by atoms with van der Waals surface area (Å²) in [4.78, 5) is 11.1. The number of carbonyl (C=O) groups excluding carboxylic acids is 1. The first-order valence-electron chi connectivity index (χ1n) is 5.05. The van der Waals surface area contributed by atoms with E-state index in [-0.39, 0.29) is 11.3 Å². The Morgan fingerprint density at radius 2 is 2.33 bits per heavy atom. The third-order valence-electron chi connectivity index (χ3n) is 2.74. The minimum atomic E-state index is -0.432. The van der Waals surface area contributed by atoms with Gasteiger partial charge in [-0.1, -0.05) is 0 Å².